The maximum absolute atomic E-state index is 13.8. The van der Waals surface area contributed by atoms with E-state index in [-0.39, 0.29) is 23.7 Å². The van der Waals surface area contributed by atoms with E-state index in [9.17, 15) is 9.18 Å². The maximum Gasteiger partial charge on any atom is 0.227 e. The highest BCUT2D eigenvalue weighted by atomic mass is 19.1. The molecule has 0 spiro atoms. The van der Waals surface area contributed by atoms with Gasteiger partial charge in [0.1, 0.15) is 11.5 Å². The lowest BCUT2D eigenvalue weighted by molar-refractivity contribution is -0.122. The first kappa shape index (κ1) is 16.3. The molecule has 1 heterocycles. The highest BCUT2D eigenvalue weighted by Gasteiger charge is 2.40. The molecule has 2 saturated carbocycles. The molecular formula is C19H23FN4O. The number of carbonyl (C=O) groups is 1. The van der Waals surface area contributed by atoms with Gasteiger partial charge in [0.15, 0.2) is 0 Å². The van der Waals surface area contributed by atoms with Gasteiger partial charge in [-0.3, -0.25) is 4.79 Å². The van der Waals surface area contributed by atoms with Gasteiger partial charge in [-0.05, 0) is 49.7 Å². The number of halogens is 1. The van der Waals surface area contributed by atoms with Crippen LogP contribution in [0.4, 0.5) is 10.1 Å². The summed E-state index contributed by atoms with van der Waals surface area (Å²) in [5.41, 5.74) is 7.25. The molecule has 2 aromatic rings. The minimum absolute atomic E-state index is 0.00640. The Labute approximate surface area is 146 Å². The highest BCUT2D eigenvalue weighted by Crippen LogP contribution is 2.42. The average Bonchev–Trinajstić information content (AvgIpc) is 3.03. The summed E-state index contributed by atoms with van der Waals surface area (Å²) < 4.78 is 15.3. The van der Waals surface area contributed by atoms with E-state index >= 15 is 0 Å². The van der Waals surface area contributed by atoms with Crippen molar-refractivity contribution in [3.05, 3.63) is 42.5 Å². The Morgan fingerprint density at radius 1 is 1.24 bits per heavy atom. The van der Waals surface area contributed by atoms with Crippen LogP contribution in [-0.4, -0.2) is 21.7 Å². The van der Waals surface area contributed by atoms with Crippen molar-refractivity contribution in [2.24, 2.45) is 23.5 Å². The number of anilines is 1. The van der Waals surface area contributed by atoms with Crippen molar-refractivity contribution in [3.8, 4) is 5.69 Å². The number of hydrogen-bond donors (Lipinski definition) is 2. The Hall–Kier alpha value is -2.21. The lowest BCUT2D eigenvalue weighted by Crippen LogP contribution is -2.48. The van der Waals surface area contributed by atoms with Crippen LogP contribution < -0.4 is 11.1 Å². The Balaban J connectivity index is 1.44. The Kier molecular flexibility index (Phi) is 4.29. The van der Waals surface area contributed by atoms with E-state index in [2.05, 4.69) is 10.4 Å². The first-order valence-electron chi connectivity index (χ1n) is 8.98. The lowest BCUT2D eigenvalue weighted by atomic mass is 9.65. The highest BCUT2D eigenvalue weighted by molar-refractivity contribution is 5.92. The van der Waals surface area contributed by atoms with E-state index in [1.807, 2.05) is 0 Å². The molecule has 5 nitrogen and oxygen atoms in total. The van der Waals surface area contributed by atoms with Crippen LogP contribution in [0.5, 0.6) is 0 Å². The second-order valence-corrected chi connectivity index (χ2v) is 7.31. The van der Waals surface area contributed by atoms with Gasteiger partial charge in [0.25, 0.3) is 0 Å². The number of benzene rings is 1. The number of nitrogens with zero attached hydrogens (tertiary/aromatic N) is 2. The van der Waals surface area contributed by atoms with Gasteiger partial charge in [-0.15, -0.1) is 0 Å². The van der Waals surface area contributed by atoms with Crippen molar-refractivity contribution in [3.63, 3.8) is 0 Å². The van der Waals surface area contributed by atoms with Crippen molar-refractivity contribution in [1.29, 1.82) is 0 Å². The molecule has 2 aliphatic rings. The zero-order valence-corrected chi connectivity index (χ0v) is 14.1. The zero-order valence-electron chi connectivity index (χ0n) is 14.1. The molecule has 1 amide bonds. The SMILES string of the molecule is NC1C2CCCC1CC(C(=O)Nc1cnn(-c3ccccc3F)c1)C2. The molecule has 0 radical (unpaired) electrons. The second-order valence-electron chi connectivity index (χ2n) is 7.31. The number of nitrogens with two attached hydrogens (primary N) is 1. The summed E-state index contributed by atoms with van der Waals surface area (Å²) in [6, 6.07) is 6.68. The lowest BCUT2D eigenvalue weighted by Gasteiger charge is -2.43. The van der Waals surface area contributed by atoms with Crippen LogP contribution in [0.15, 0.2) is 36.7 Å². The molecule has 2 unspecified atom stereocenters. The standard InChI is InChI=1S/C19H23FN4O/c20-16-6-1-2-7-17(16)24-11-15(10-22-24)23-19(25)14-8-12-4-3-5-13(9-14)18(12)21/h1-2,6-7,10-14,18H,3-5,8-9,21H2,(H,23,25). The third-order valence-corrected chi connectivity index (χ3v) is 5.73. The molecule has 1 aromatic carbocycles. The minimum atomic E-state index is -0.349. The van der Waals surface area contributed by atoms with Crippen LogP contribution in [0.1, 0.15) is 32.1 Å². The molecule has 25 heavy (non-hydrogen) atoms. The fourth-order valence-corrected chi connectivity index (χ4v) is 4.40. The van der Waals surface area contributed by atoms with Gasteiger partial charge in [-0.25, -0.2) is 9.07 Å². The molecule has 1 aromatic heterocycles. The molecule has 2 bridgehead atoms. The topological polar surface area (TPSA) is 72.9 Å². The van der Waals surface area contributed by atoms with Crippen LogP contribution in [0, 0.1) is 23.6 Å². The average molecular weight is 342 g/mol. The molecule has 4 rings (SSSR count). The van der Waals surface area contributed by atoms with Crippen molar-refractivity contribution in [2.75, 3.05) is 5.32 Å². The van der Waals surface area contributed by atoms with E-state index in [0.717, 1.165) is 25.7 Å². The van der Waals surface area contributed by atoms with Crippen LogP contribution in [0.2, 0.25) is 0 Å². The van der Waals surface area contributed by atoms with Gasteiger partial charge < -0.3 is 11.1 Å². The van der Waals surface area contributed by atoms with E-state index in [1.54, 1.807) is 30.6 Å². The number of carbonyl (C=O) groups excluding carboxylic acids is 1. The molecule has 2 fully saturated rings. The third kappa shape index (κ3) is 3.18. The normalized spacial score (nSPS) is 28.6. The van der Waals surface area contributed by atoms with Gasteiger partial charge in [-0.1, -0.05) is 18.6 Å². The number of rotatable bonds is 3. The zero-order chi connectivity index (χ0) is 17.4. The van der Waals surface area contributed by atoms with Crippen LogP contribution in [0.25, 0.3) is 5.69 Å². The number of amides is 1. The Bertz CT molecular complexity index is 760. The second kappa shape index (κ2) is 6.59. The summed E-state index contributed by atoms with van der Waals surface area (Å²) in [4.78, 5) is 12.7. The van der Waals surface area contributed by atoms with E-state index in [4.69, 9.17) is 5.73 Å². The summed E-state index contributed by atoms with van der Waals surface area (Å²) in [5.74, 6) is 0.607. The number of aromatic nitrogens is 2. The molecule has 0 saturated heterocycles. The van der Waals surface area contributed by atoms with Crippen LogP contribution in [-0.2, 0) is 4.79 Å². The third-order valence-electron chi connectivity index (χ3n) is 5.73. The first-order valence-corrected chi connectivity index (χ1v) is 8.98. The van der Waals surface area contributed by atoms with Gasteiger partial charge in [0.05, 0.1) is 18.1 Å². The minimum Gasteiger partial charge on any atom is -0.327 e. The molecular weight excluding hydrogens is 319 g/mol. The van der Waals surface area contributed by atoms with Crippen molar-refractivity contribution in [2.45, 2.75) is 38.1 Å². The molecule has 3 N–H and O–H groups in total. The monoisotopic (exact) mass is 342 g/mol. The molecule has 0 aliphatic heterocycles. The number of hydrogen-bond acceptors (Lipinski definition) is 3. The predicted octanol–water partition coefficient (Wildman–Crippen LogP) is 3.10. The van der Waals surface area contributed by atoms with Crippen molar-refractivity contribution in [1.82, 2.24) is 9.78 Å². The summed E-state index contributed by atoms with van der Waals surface area (Å²) in [5, 5.41) is 7.10. The smallest absolute Gasteiger partial charge is 0.227 e. The molecule has 2 aliphatic carbocycles. The summed E-state index contributed by atoms with van der Waals surface area (Å²) in [6.45, 7) is 0. The Morgan fingerprint density at radius 3 is 2.68 bits per heavy atom. The summed E-state index contributed by atoms with van der Waals surface area (Å²) in [6.07, 6.45) is 8.42. The quantitative estimate of drug-likeness (QED) is 0.900. The Morgan fingerprint density at radius 2 is 1.96 bits per heavy atom. The van der Waals surface area contributed by atoms with Gasteiger partial charge in [-0.2, -0.15) is 5.10 Å². The predicted molar refractivity (Wildman–Crippen MR) is 93.7 cm³/mol. The van der Waals surface area contributed by atoms with Gasteiger partial charge in [0.2, 0.25) is 5.91 Å². The fraction of sp³-hybridized carbons (Fsp3) is 0.474. The summed E-state index contributed by atoms with van der Waals surface area (Å²) >= 11 is 0. The first-order chi connectivity index (χ1) is 12.1. The van der Waals surface area contributed by atoms with E-state index in [0.29, 0.717) is 23.2 Å². The van der Waals surface area contributed by atoms with Gasteiger partial charge >= 0.3 is 0 Å². The fourth-order valence-electron chi connectivity index (χ4n) is 4.40. The van der Waals surface area contributed by atoms with E-state index in [1.165, 1.54) is 17.2 Å². The van der Waals surface area contributed by atoms with Crippen molar-refractivity contribution >= 4 is 11.6 Å². The maximum atomic E-state index is 13.8. The molecule has 132 valence electrons. The molecule has 2 atom stereocenters. The van der Waals surface area contributed by atoms with Crippen LogP contribution >= 0.6 is 0 Å². The van der Waals surface area contributed by atoms with Crippen LogP contribution in [0.3, 0.4) is 0 Å². The number of fused-ring (bicyclic) bond motifs is 2. The number of nitrogens with one attached hydrogen (secondary N) is 1. The number of para-hydroxylation sites is 1. The summed E-state index contributed by atoms with van der Waals surface area (Å²) in [7, 11) is 0. The largest absolute Gasteiger partial charge is 0.327 e. The van der Waals surface area contributed by atoms with Gasteiger partial charge in [0, 0.05) is 12.0 Å². The van der Waals surface area contributed by atoms with Crippen molar-refractivity contribution < 1.29 is 9.18 Å². The molecule has 6 heteroatoms. The van der Waals surface area contributed by atoms with E-state index < -0.39 is 0 Å².